The molecule has 1 aliphatic rings. The summed E-state index contributed by atoms with van der Waals surface area (Å²) < 4.78 is 6.76. The molecule has 0 spiro atoms. The number of nitrogens with one attached hydrogen (secondary N) is 2. The molecule has 1 fully saturated rings. The Morgan fingerprint density at radius 2 is 1.89 bits per heavy atom. The van der Waals surface area contributed by atoms with Gasteiger partial charge in [-0.3, -0.25) is 9.89 Å². The van der Waals surface area contributed by atoms with Crippen molar-refractivity contribution >= 4 is 21.9 Å². The number of aliphatic imine (C=N–C) groups is 1. The second kappa shape index (κ2) is 10.4. The maximum Gasteiger partial charge on any atom is 0.191 e. The van der Waals surface area contributed by atoms with Gasteiger partial charge < -0.3 is 15.4 Å². The van der Waals surface area contributed by atoms with Gasteiger partial charge in [-0.1, -0.05) is 48.8 Å². The Morgan fingerprint density at radius 3 is 2.41 bits per heavy atom. The molecular formula is C21H35BrN4O. The highest BCUT2D eigenvalue weighted by Gasteiger charge is 2.25. The molecule has 1 aliphatic heterocycles. The number of rotatable bonds is 6. The second-order valence-corrected chi connectivity index (χ2v) is 9.28. The standard InChI is InChI=1S/C21H35BrN4O/c1-21(2,3)19(27-5)14-24-20(23-4)25-18-10-12-26(13-11-18)15-16-6-8-17(22)9-7-16/h6-9,18-19H,10-15H2,1-5H3,(H2,23,24,25). The largest absolute Gasteiger partial charge is 0.379 e. The molecule has 0 bridgehead atoms. The molecule has 0 aromatic heterocycles. The second-order valence-electron chi connectivity index (χ2n) is 8.36. The number of benzene rings is 1. The van der Waals surface area contributed by atoms with E-state index in [-0.39, 0.29) is 11.5 Å². The van der Waals surface area contributed by atoms with Gasteiger partial charge in [-0.2, -0.15) is 0 Å². The monoisotopic (exact) mass is 438 g/mol. The SMILES string of the molecule is CN=C(NCC(OC)C(C)(C)C)NC1CCN(Cc2ccc(Br)cc2)CC1. The summed E-state index contributed by atoms with van der Waals surface area (Å²) in [6.07, 6.45) is 2.40. The van der Waals surface area contributed by atoms with Gasteiger partial charge in [0, 0.05) is 50.9 Å². The number of methoxy groups -OCH3 is 1. The molecule has 27 heavy (non-hydrogen) atoms. The van der Waals surface area contributed by atoms with Crippen molar-refractivity contribution < 1.29 is 4.74 Å². The summed E-state index contributed by atoms with van der Waals surface area (Å²) in [5.74, 6) is 0.868. The van der Waals surface area contributed by atoms with E-state index in [4.69, 9.17) is 4.74 Å². The zero-order valence-electron chi connectivity index (χ0n) is 17.4. The minimum Gasteiger partial charge on any atom is -0.379 e. The Morgan fingerprint density at radius 1 is 1.26 bits per heavy atom. The van der Waals surface area contributed by atoms with E-state index in [1.807, 2.05) is 7.05 Å². The molecule has 1 unspecified atom stereocenters. The van der Waals surface area contributed by atoms with Crippen LogP contribution < -0.4 is 10.6 Å². The van der Waals surface area contributed by atoms with Gasteiger partial charge in [-0.25, -0.2) is 0 Å². The molecular weight excluding hydrogens is 404 g/mol. The molecule has 1 heterocycles. The molecule has 152 valence electrons. The van der Waals surface area contributed by atoms with Crippen molar-refractivity contribution in [2.75, 3.05) is 33.8 Å². The number of likely N-dealkylation sites (tertiary alicyclic amines) is 1. The Balaban J connectivity index is 1.75. The van der Waals surface area contributed by atoms with E-state index in [1.165, 1.54) is 5.56 Å². The van der Waals surface area contributed by atoms with Gasteiger partial charge in [0.2, 0.25) is 0 Å². The van der Waals surface area contributed by atoms with Gasteiger partial charge in [0.15, 0.2) is 5.96 Å². The third-order valence-corrected chi connectivity index (χ3v) is 5.71. The lowest BCUT2D eigenvalue weighted by Gasteiger charge is -2.34. The first-order valence-corrected chi connectivity index (χ1v) is 10.6. The van der Waals surface area contributed by atoms with Gasteiger partial charge in [0.1, 0.15) is 0 Å². The molecule has 2 N–H and O–H groups in total. The lowest BCUT2D eigenvalue weighted by Crippen LogP contribution is -2.51. The zero-order valence-corrected chi connectivity index (χ0v) is 19.0. The van der Waals surface area contributed by atoms with Crippen LogP contribution in [-0.4, -0.2) is 56.8 Å². The number of hydrogen-bond acceptors (Lipinski definition) is 3. The maximum atomic E-state index is 5.62. The minimum atomic E-state index is 0.0962. The quantitative estimate of drug-likeness (QED) is 0.525. The van der Waals surface area contributed by atoms with Crippen LogP contribution in [0.1, 0.15) is 39.2 Å². The fourth-order valence-corrected chi connectivity index (χ4v) is 3.67. The summed E-state index contributed by atoms with van der Waals surface area (Å²) in [5, 5.41) is 7.01. The van der Waals surface area contributed by atoms with Crippen LogP contribution in [0.4, 0.5) is 0 Å². The van der Waals surface area contributed by atoms with Crippen molar-refractivity contribution in [1.82, 2.24) is 15.5 Å². The van der Waals surface area contributed by atoms with E-state index >= 15 is 0 Å². The highest BCUT2D eigenvalue weighted by atomic mass is 79.9. The van der Waals surface area contributed by atoms with Crippen molar-refractivity contribution in [2.45, 2.75) is 52.3 Å². The molecule has 5 nitrogen and oxygen atoms in total. The number of hydrogen-bond donors (Lipinski definition) is 2. The Bertz CT molecular complexity index is 589. The average Bonchev–Trinajstić information content (AvgIpc) is 2.63. The van der Waals surface area contributed by atoms with Crippen molar-refractivity contribution in [3.8, 4) is 0 Å². The highest BCUT2D eigenvalue weighted by Crippen LogP contribution is 2.21. The van der Waals surface area contributed by atoms with Crippen molar-refractivity contribution in [3.05, 3.63) is 34.3 Å². The summed E-state index contributed by atoms with van der Waals surface area (Å²) in [6, 6.07) is 9.09. The normalized spacial score (nSPS) is 18.4. The van der Waals surface area contributed by atoms with E-state index in [0.717, 1.165) is 49.5 Å². The van der Waals surface area contributed by atoms with Crippen LogP contribution in [0.3, 0.4) is 0 Å². The Labute approximate surface area is 173 Å². The lowest BCUT2D eigenvalue weighted by atomic mass is 9.89. The van der Waals surface area contributed by atoms with Crippen LogP contribution in [0, 0.1) is 5.41 Å². The van der Waals surface area contributed by atoms with Gasteiger partial charge in [0.05, 0.1) is 6.10 Å². The smallest absolute Gasteiger partial charge is 0.191 e. The number of piperidine rings is 1. The molecule has 0 amide bonds. The molecule has 0 saturated carbocycles. The van der Waals surface area contributed by atoms with E-state index in [1.54, 1.807) is 7.11 Å². The number of ether oxygens (including phenoxy) is 1. The fourth-order valence-electron chi connectivity index (χ4n) is 3.40. The molecule has 1 aromatic carbocycles. The minimum absolute atomic E-state index is 0.0962. The summed E-state index contributed by atoms with van der Waals surface area (Å²) >= 11 is 3.50. The van der Waals surface area contributed by atoms with Crippen molar-refractivity contribution in [1.29, 1.82) is 0 Å². The maximum absolute atomic E-state index is 5.62. The molecule has 1 atom stereocenters. The first-order valence-electron chi connectivity index (χ1n) is 9.78. The molecule has 0 aliphatic carbocycles. The van der Waals surface area contributed by atoms with E-state index < -0.39 is 0 Å². The Hall–Kier alpha value is -1.11. The van der Waals surface area contributed by atoms with E-state index in [0.29, 0.717) is 6.04 Å². The van der Waals surface area contributed by atoms with E-state index in [9.17, 15) is 0 Å². The number of guanidine groups is 1. The predicted octanol–water partition coefficient (Wildman–Crippen LogP) is 3.64. The van der Waals surface area contributed by atoms with Crippen LogP contribution in [0.5, 0.6) is 0 Å². The summed E-state index contributed by atoms with van der Waals surface area (Å²) in [7, 11) is 3.60. The topological polar surface area (TPSA) is 48.9 Å². The van der Waals surface area contributed by atoms with Crippen LogP contribution in [0.25, 0.3) is 0 Å². The van der Waals surface area contributed by atoms with Crippen LogP contribution >= 0.6 is 15.9 Å². The third kappa shape index (κ3) is 7.43. The first kappa shape index (κ1) is 22.2. The fraction of sp³-hybridized carbons (Fsp3) is 0.667. The average molecular weight is 439 g/mol. The lowest BCUT2D eigenvalue weighted by molar-refractivity contribution is 0.0204. The van der Waals surface area contributed by atoms with Gasteiger partial charge in [-0.05, 0) is 36.0 Å². The van der Waals surface area contributed by atoms with E-state index in [2.05, 4.69) is 81.5 Å². The van der Waals surface area contributed by atoms with Crippen LogP contribution in [-0.2, 0) is 11.3 Å². The highest BCUT2D eigenvalue weighted by molar-refractivity contribution is 9.10. The van der Waals surface area contributed by atoms with Crippen LogP contribution in [0.15, 0.2) is 33.7 Å². The van der Waals surface area contributed by atoms with Gasteiger partial charge >= 0.3 is 0 Å². The molecule has 6 heteroatoms. The predicted molar refractivity (Wildman–Crippen MR) is 117 cm³/mol. The summed E-state index contributed by atoms with van der Waals surface area (Å²) in [5.41, 5.74) is 1.47. The molecule has 1 aromatic rings. The molecule has 0 radical (unpaired) electrons. The van der Waals surface area contributed by atoms with Crippen molar-refractivity contribution in [3.63, 3.8) is 0 Å². The Kier molecular flexibility index (Phi) is 8.58. The third-order valence-electron chi connectivity index (χ3n) is 5.18. The number of halogens is 1. The van der Waals surface area contributed by atoms with Gasteiger partial charge in [0.25, 0.3) is 0 Å². The first-order chi connectivity index (χ1) is 12.8. The molecule has 2 rings (SSSR count). The van der Waals surface area contributed by atoms with Crippen molar-refractivity contribution in [2.24, 2.45) is 10.4 Å². The summed E-state index contributed by atoms with van der Waals surface area (Å²) in [6.45, 7) is 10.6. The number of nitrogens with zero attached hydrogens (tertiary/aromatic N) is 2. The molecule has 1 saturated heterocycles. The summed E-state index contributed by atoms with van der Waals surface area (Å²) in [4.78, 5) is 6.91. The van der Waals surface area contributed by atoms with Crippen LogP contribution in [0.2, 0.25) is 0 Å². The zero-order chi connectivity index (χ0) is 19.9. The van der Waals surface area contributed by atoms with Gasteiger partial charge in [-0.15, -0.1) is 0 Å².